The summed E-state index contributed by atoms with van der Waals surface area (Å²) in [5.41, 5.74) is 5.68. The van der Waals surface area contributed by atoms with Gasteiger partial charge in [0.05, 0.1) is 63.8 Å². The van der Waals surface area contributed by atoms with E-state index >= 15 is 0 Å². The zero-order valence-corrected chi connectivity index (χ0v) is 38.9. The summed E-state index contributed by atoms with van der Waals surface area (Å²) in [6, 6.07) is 58.4. The lowest BCUT2D eigenvalue weighted by atomic mass is 9.97. The fourth-order valence-corrected chi connectivity index (χ4v) is 8.56. The Morgan fingerprint density at radius 1 is 0.478 bits per heavy atom. The normalized spacial score (nSPS) is 24.5. The van der Waals surface area contributed by atoms with Gasteiger partial charge in [0.2, 0.25) is 0 Å². The molecule has 2 saturated heterocycles. The van der Waals surface area contributed by atoms with Crippen molar-refractivity contribution in [1.29, 1.82) is 5.26 Å². The van der Waals surface area contributed by atoms with Gasteiger partial charge in [0, 0.05) is 7.11 Å². The van der Waals surface area contributed by atoms with Crippen molar-refractivity contribution < 1.29 is 52.2 Å². The summed E-state index contributed by atoms with van der Waals surface area (Å²) in [5, 5.41) is 9.76. The van der Waals surface area contributed by atoms with Crippen LogP contribution in [0.5, 0.6) is 0 Å². The Bertz CT molecular complexity index is 2480. The van der Waals surface area contributed by atoms with Crippen molar-refractivity contribution in [3.05, 3.63) is 215 Å². The van der Waals surface area contributed by atoms with E-state index in [9.17, 15) is 10.1 Å². The summed E-state index contributed by atoms with van der Waals surface area (Å²) in [7, 11) is 1.58. The third-order valence-electron chi connectivity index (χ3n) is 12.1. The number of hydrogen-bond donors (Lipinski definition) is 0. The molecular formula is C57H59NO11. The number of rotatable bonds is 22. The molecule has 0 spiro atoms. The monoisotopic (exact) mass is 933 g/mol. The van der Waals surface area contributed by atoms with E-state index in [0.29, 0.717) is 11.1 Å². The topological polar surface area (TPSA) is 133 Å². The Kier molecular flexibility index (Phi) is 18.2. The van der Waals surface area contributed by atoms with Crippen molar-refractivity contribution in [3.63, 3.8) is 0 Å². The number of ether oxygens (including phenoxy) is 10. The summed E-state index contributed by atoms with van der Waals surface area (Å²) in [6.07, 6.45) is -8.43. The van der Waals surface area contributed by atoms with E-state index in [2.05, 4.69) is 6.07 Å². The lowest BCUT2D eigenvalue weighted by Gasteiger charge is -2.47. The van der Waals surface area contributed by atoms with Gasteiger partial charge in [0.1, 0.15) is 36.6 Å². The minimum atomic E-state index is -1.05. The average molecular weight is 934 g/mol. The number of carbonyl (C=O) groups excluding carboxylic acids is 1. The molecule has 10 atom stereocenters. The highest BCUT2D eigenvalue weighted by molar-refractivity contribution is 5.74. The van der Waals surface area contributed by atoms with Crippen LogP contribution in [0.1, 0.15) is 45.9 Å². The SMILES string of the molecule is CO[C@H]1O[C@H](CO[C@@H]2O[C@H](C)[C@@H](OC(=O)Cc3ccccc3C#N)[C@H](OCc3ccccc3)[C@@H]2OCc2ccccc2)[C@@H](OCc2ccccc2)[C@H](OCc2ccccc2)[C@H]1OCc1ccccc1. The van der Waals surface area contributed by atoms with E-state index < -0.39 is 67.4 Å². The van der Waals surface area contributed by atoms with Crippen molar-refractivity contribution in [2.75, 3.05) is 13.7 Å². The van der Waals surface area contributed by atoms with Crippen molar-refractivity contribution in [3.8, 4) is 6.07 Å². The highest BCUT2D eigenvalue weighted by Crippen LogP contribution is 2.34. The van der Waals surface area contributed by atoms with E-state index in [4.69, 9.17) is 47.4 Å². The molecule has 0 aromatic heterocycles. The van der Waals surface area contributed by atoms with Crippen LogP contribution in [-0.2, 0) is 91.6 Å². The predicted molar refractivity (Wildman–Crippen MR) is 256 cm³/mol. The molecule has 0 N–H and O–H groups in total. The molecule has 2 heterocycles. The van der Waals surface area contributed by atoms with Gasteiger partial charge < -0.3 is 47.4 Å². The molecule has 2 aliphatic heterocycles. The van der Waals surface area contributed by atoms with Crippen LogP contribution in [0.4, 0.5) is 0 Å². The van der Waals surface area contributed by atoms with Gasteiger partial charge >= 0.3 is 5.97 Å². The highest BCUT2D eigenvalue weighted by atomic mass is 16.7. The summed E-state index contributed by atoms with van der Waals surface area (Å²) in [4.78, 5) is 13.8. The summed E-state index contributed by atoms with van der Waals surface area (Å²) in [5.74, 6) is -0.544. The molecule has 358 valence electrons. The number of carbonyl (C=O) groups is 1. The molecule has 12 nitrogen and oxygen atoms in total. The first-order valence-corrected chi connectivity index (χ1v) is 23.4. The van der Waals surface area contributed by atoms with Gasteiger partial charge in [0.15, 0.2) is 18.7 Å². The number of esters is 1. The Morgan fingerprint density at radius 3 is 1.32 bits per heavy atom. The zero-order valence-electron chi connectivity index (χ0n) is 38.9. The summed E-state index contributed by atoms with van der Waals surface area (Å²) < 4.78 is 66.5. The number of benzene rings is 6. The first kappa shape index (κ1) is 49.3. The third kappa shape index (κ3) is 13.8. The smallest absolute Gasteiger partial charge is 0.310 e. The summed E-state index contributed by atoms with van der Waals surface area (Å²) >= 11 is 0. The lowest BCUT2D eigenvalue weighted by molar-refractivity contribution is -0.345. The van der Waals surface area contributed by atoms with Crippen LogP contribution in [0.3, 0.4) is 0 Å². The van der Waals surface area contributed by atoms with Crippen molar-refractivity contribution >= 4 is 5.97 Å². The van der Waals surface area contributed by atoms with Crippen LogP contribution in [0.2, 0.25) is 0 Å². The van der Waals surface area contributed by atoms with Crippen LogP contribution in [0, 0.1) is 11.3 Å². The molecule has 0 unspecified atom stereocenters. The Hall–Kier alpha value is -6.08. The van der Waals surface area contributed by atoms with Crippen LogP contribution >= 0.6 is 0 Å². The number of methoxy groups -OCH3 is 1. The lowest BCUT2D eigenvalue weighted by Crippen LogP contribution is -2.63. The van der Waals surface area contributed by atoms with Gasteiger partial charge in [-0.25, -0.2) is 0 Å². The average Bonchev–Trinajstić information content (AvgIpc) is 3.40. The number of nitrogens with zero attached hydrogens (tertiary/aromatic N) is 1. The first-order valence-electron chi connectivity index (χ1n) is 23.4. The Balaban J connectivity index is 1.10. The molecule has 0 amide bonds. The predicted octanol–water partition coefficient (Wildman–Crippen LogP) is 9.07. The maximum Gasteiger partial charge on any atom is 0.310 e. The van der Waals surface area contributed by atoms with Crippen LogP contribution in [0.25, 0.3) is 0 Å². The fraction of sp³-hybridized carbons (Fsp3) is 0.333. The molecule has 6 aromatic carbocycles. The largest absolute Gasteiger partial charge is 0.456 e. The number of hydrogen-bond acceptors (Lipinski definition) is 12. The molecule has 12 heteroatoms. The first-order chi connectivity index (χ1) is 33.9. The quantitative estimate of drug-likeness (QED) is 0.0602. The van der Waals surface area contributed by atoms with E-state index in [1.165, 1.54) is 0 Å². The molecule has 0 bridgehead atoms. The van der Waals surface area contributed by atoms with E-state index in [1.807, 2.05) is 159 Å². The van der Waals surface area contributed by atoms with Gasteiger partial charge in [-0.15, -0.1) is 0 Å². The van der Waals surface area contributed by atoms with Gasteiger partial charge in [-0.1, -0.05) is 170 Å². The van der Waals surface area contributed by atoms with Crippen LogP contribution in [-0.4, -0.2) is 81.1 Å². The molecule has 0 aliphatic carbocycles. The number of nitriles is 1. The van der Waals surface area contributed by atoms with E-state index in [1.54, 1.807) is 31.4 Å². The third-order valence-corrected chi connectivity index (χ3v) is 12.1. The zero-order chi connectivity index (χ0) is 47.6. The summed E-state index contributed by atoms with van der Waals surface area (Å²) in [6.45, 7) is 2.92. The Morgan fingerprint density at radius 2 is 0.870 bits per heavy atom. The van der Waals surface area contributed by atoms with Crippen molar-refractivity contribution in [1.82, 2.24) is 0 Å². The maximum atomic E-state index is 13.8. The van der Waals surface area contributed by atoms with Gasteiger partial charge in [-0.05, 0) is 46.4 Å². The van der Waals surface area contributed by atoms with Crippen LogP contribution in [0.15, 0.2) is 176 Å². The minimum absolute atomic E-state index is 0.0562. The molecule has 69 heavy (non-hydrogen) atoms. The molecule has 6 aromatic rings. The molecule has 2 fully saturated rings. The molecule has 0 radical (unpaired) electrons. The van der Waals surface area contributed by atoms with Crippen molar-refractivity contribution in [2.45, 2.75) is 108 Å². The second-order valence-corrected chi connectivity index (χ2v) is 17.0. The van der Waals surface area contributed by atoms with E-state index in [0.717, 1.165) is 27.8 Å². The molecule has 8 rings (SSSR count). The fourth-order valence-electron chi connectivity index (χ4n) is 8.56. The van der Waals surface area contributed by atoms with E-state index in [-0.39, 0.29) is 46.1 Å². The molecular weight excluding hydrogens is 875 g/mol. The van der Waals surface area contributed by atoms with Gasteiger partial charge in [-0.2, -0.15) is 5.26 Å². The highest BCUT2D eigenvalue weighted by Gasteiger charge is 2.52. The standard InChI is InChI=1S/C57H59NO11/c1-40-50(69-49(59)32-46-30-18-19-31-47(46)33-58)52(62-35-42-22-10-4-11-23-42)55(65-38-45-28-16-7-17-29-45)57(67-40)66-39-48-51(61-34-41-20-8-3-9-21-41)53(63-36-43-24-12-5-13-25-43)54(56(60-2)68-48)64-37-44-26-14-6-15-27-44/h3-31,40,48,50-57H,32,34-39H2,1-2H3/t40-,48-,50-,51-,52+,53+,54-,55+,56+,57-/m1/s1. The Labute approximate surface area is 404 Å². The maximum absolute atomic E-state index is 13.8. The second-order valence-electron chi connectivity index (χ2n) is 17.0. The van der Waals surface area contributed by atoms with Gasteiger partial charge in [-0.3, -0.25) is 4.79 Å². The second kappa shape index (κ2) is 25.5. The molecule has 2 aliphatic rings. The van der Waals surface area contributed by atoms with Crippen molar-refractivity contribution in [2.24, 2.45) is 0 Å². The minimum Gasteiger partial charge on any atom is -0.456 e. The molecule has 0 saturated carbocycles. The van der Waals surface area contributed by atoms with Crippen LogP contribution < -0.4 is 0 Å². The van der Waals surface area contributed by atoms with Gasteiger partial charge in [0.25, 0.3) is 0 Å².